The molecule has 0 amide bonds. The third kappa shape index (κ3) is 1.69. The van der Waals surface area contributed by atoms with E-state index in [-0.39, 0.29) is 6.04 Å². The van der Waals surface area contributed by atoms with Crippen molar-refractivity contribution in [2.45, 2.75) is 13.0 Å². The zero-order valence-electron chi connectivity index (χ0n) is 10.1. The SMILES string of the molecule is Cc1c(C(N)c2cccnc2)oc2ccccc12. The summed E-state index contributed by atoms with van der Waals surface area (Å²) in [5.74, 6) is 0.809. The summed E-state index contributed by atoms with van der Waals surface area (Å²) in [6, 6.07) is 11.5. The molecule has 3 heteroatoms. The lowest BCUT2D eigenvalue weighted by molar-refractivity contribution is 0.520. The number of hydrogen-bond donors (Lipinski definition) is 1. The van der Waals surface area contributed by atoms with Gasteiger partial charge < -0.3 is 10.2 Å². The van der Waals surface area contributed by atoms with Gasteiger partial charge in [-0.25, -0.2) is 0 Å². The summed E-state index contributed by atoms with van der Waals surface area (Å²) in [4.78, 5) is 4.09. The Labute approximate surface area is 105 Å². The number of nitrogens with zero attached hydrogens (tertiary/aromatic N) is 1. The van der Waals surface area contributed by atoms with Crippen LogP contribution < -0.4 is 5.73 Å². The Bertz CT molecular complexity index is 673. The number of furan rings is 1. The van der Waals surface area contributed by atoms with Crippen LogP contribution in [0.2, 0.25) is 0 Å². The van der Waals surface area contributed by atoms with Gasteiger partial charge in [-0.2, -0.15) is 0 Å². The Morgan fingerprint density at radius 3 is 2.72 bits per heavy atom. The van der Waals surface area contributed by atoms with Crippen LogP contribution >= 0.6 is 0 Å². The molecule has 3 rings (SSSR count). The van der Waals surface area contributed by atoms with E-state index in [0.717, 1.165) is 27.9 Å². The molecule has 0 aliphatic carbocycles. The number of aryl methyl sites for hydroxylation is 1. The van der Waals surface area contributed by atoms with Crippen LogP contribution in [-0.2, 0) is 0 Å². The van der Waals surface area contributed by atoms with Crippen LogP contribution in [0.1, 0.15) is 22.9 Å². The average Bonchev–Trinajstić information content (AvgIpc) is 2.77. The first-order valence-electron chi connectivity index (χ1n) is 5.91. The minimum atomic E-state index is -0.272. The van der Waals surface area contributed by atoms with Crippen molar-refractivity contribution in [3.05, 3.63) is 65.7 Å². The first kappa shape index (κ1) is 11.0. The largest absolute Gasteiger partial charge is 0.459 e. The van der Waals surface area contributed by atoms with Gasteiger partial charge in [-0.3, -0.25) is 4.98 Å². The Balaban J connectivity index is 2.12. The van der Waals surface area contributed by atoms with Crippen LogP contribution in [0.15, 0.2) is 53.2 Å². The number of pyridine rings is 1. The van der Waals surface area contributed by atoms with Gasteiger partial charge in [0.05, 0.1) is 6.04 Å². The fourth-order valence-electron chi connectivity index (χ4n) is 2.20. The maximum Gasteiger partial charge on any atom is 0.134 e. The van der Waals surface area contributed by atoms with E-state index in [9.17, 15) is 0 Å². The van der Waals surface area contributed by atoms with Crippen molar-refractivity contribution in [3.8, 4) is 0 Å². The van der Waals surface area contributed by atoms with Crippen molar-refractivity contribution in [1.29, 1.82) is 0 Å². The number of fused-ring (bicyclic) bond motifs is 1. The van der Waals surface area contributed by atoms with E-state index in [1.54, 1.807) is 12.4 Å². The van der Waals surface area contributed by atoms with Crippen molar-refractivity contribution in [3.63, 3.8) is 0 Å². The molecule has 2 heterocycles. The number of nitrogens with two attached hydrogens (primary N) is 1. The Kier molecular flexibility index (Phi) is 2.61. The number of hydrogen-bond acceptors (Lipinski definition) is 3. The molecule has 0 radical (unpaired) electrons. The predicted octanol–water partition coefficient (Wildman–Crippen LogP) is 3.18. The van der Waals surface area contributed by atoms with Crippen LogP contribution in [-0.4, -0.2) is 4.98 Å². The maximum absolute atomic E-state index is 6.25. The van der Waals surface area contributed by atoms with Gasteiger partial charge in [-0.05, 0) is 24.6 Å². The summed E-state index contributed by atoms with van der Waals surface area (Å²) in [6.07, 6.45) is 3.51. The lowest BCUT2D eigenvalue weighted by Gasteiger charge is -2.09. The highest BCUT2D eigenvalue weighted by Crippen LogP contribution is 2.30. The zero-order chi connectivity index (χ0) is 12.5. The van der Waals surface area contributed by atoms with Crippen LogP contribution in [0, 0.1) is 6.92 Å². The van der Waals surface area contributed by atoms with Crippen molar-refractivity contribution < 1.29 is 4.42 Å². The Morgan fingerprint density at radius 2 is 2.00 bits per heavy atom. The molecule has 18 heavy (non-hydrogen) atoms. The quantitative estimate of drug-likeness (QED) is 0.746. The van der Waals surface area contributed by atoms with E-state index in [2.05, 4.69) is 4.98 Å². The average molecular weight is 238 g/mol. The number of benzene rings is 1. The molecule has 3 nitrogen and oxygen atoms in total. The third-order valence-corrected chi connectivity index (χ3v) is 3.21. The normalized spacial score (nSPS) is 12.8. The zero-order valence-corrected chi connectivity index (χ0v) is 10.1. The molecular weight excluding hydrogens is 224 g/mol. The van der Waals surface area contributed by atoms with Gasteiger partial charge in [-0.15, -0.1) is 0 Å². The highest BCUT2D eigenvalue weighted by molar-refractivity contribution is 5.82. The molecular formula is C15H14N2O. The maximum atomic E-state index is 6.25. The van der Waals surface area contributed by atoms with Crippen LogP contribution in [0.5, 0.6) is 0 Å². The summed E-state index contributed by atoms with van der Waals surface area (Å²) in [5, 5.41) is 1.12. The molecule has 0 aliphatic heterocycles. The number of aromatic nitrogens is 1. The highest BCUT2D eigenvalue weighted by atomic mass is 16.3. The predicted molar refractivity (Wildman–Crippen MR) is 71.2 cm³/mol. The molecule has 2 aromatic heterocycles. The van der Waals surface area contributed by atoms with E-state index >= 15 is 0 Å². The van der Waals surface area contributed by atoms with Crippen LogP contribution in [0.3, 0.4) is 0 Å². The van der Waals surface area contributed by atoms with Gasteiger partial charge >= 0.3 is 0 Å². The van der Waals surface area contributed by atoms with Gasteiger partial charge in [0.2, 0.25) is 0 Å². The standard InChI is InChI=1S/C15H14N2O/c1-10-12-6-2-3-7-13(12)18-15(10)14(16)11-5-4-8-17-9-11/h2-9,14H,16H2,1H3. The summed E-state index contributed by atoms with van der Waals surface area (Å²) in [5.41, 5.74) is 9.18. The van der Waals surface area contributed by atoms with Gasteiger partial charge in [0.25, 0.3) is 0 Å². The van der Waals surface area contributed by atoms with Crippen molar-refractivity contribution in [1.82, 2.24) is 4.98 Å². The second-order valence-electron chi connectivity index (χ2n) is 4.35. The molecule has 2 N–H and O–H groups in total. The molecule has 1 aromatic carbocycles. The van der Waals surface area contributed by atoms with E-state index in [1.807, 2.05) is 43.3 Å². The second-order valence-corrected chi connectivity index (χ2v) is 4.35. The van der Waals surface area contributed by atoms with E-state index < -0.39 is 0 Å². The van der Waals surface area contributed by atoms with E-state index in [4.69, 9.17) is 10.2 Å². The first-order valence-corrected chi connectivity index (χ1v) is 5.91. The van der Waals surface area contributed by atoms with E-state index in [0.29, 0.717) is 0 Å². The lowest BCUT2D eigenvalue weighted by atomic mass is 10.0. The molecule has 1 unspecified atom stereocenters. The Hall–Kier alpha value is -2.13. The molecule has 0 saturated heterocycles. The minimum absolute atomic E-state index is 0.272. The van der Waals surface area contributed by atoms with Crippen molar-refractivity contribution >= 4 is 11.0 Å². The Morgan fingerprint density at radius 1 is 1.17 bits per heavy atom. The monoisotopic (exact) mass is 238 g/mol. The summed E-state index contributed by atoms with van der Waals surface area (Å²) in [6.45, 7) is 2.04. The van der Waals surface area contributed by atoms with Gasteiger partial charge in [0, 0.05) is 23.3 Å². The van der Waals surface area contributed by atoms with Crippen LogP contribution in [0.25, 0.3) is 11.0 Å². The fourth-order valence-corrected chi connectivity index (χ4v) is 2.20. The molecule has 90 valence electrons. The summed E-state index contributed by atoms with van der Waals surface area (Å²) >= 11 is 0. The number of para-hydroxylation sites is 1. The third-order valence-electron chi connectivity index (χ3n) is 3.21. The first-order chi connectivity index (χ1) is 8.77. The second kappa shape index (κ2) is 4.27. The van der Waals surface area contributed by atoms with Gasteiger partial charge in [-0.1, -0.05) is 24.3 Å². The number of rotatable bonds is 2. The molecule has 1 atom stereocenters. The minimum Gasteiger partial charge on any atom is -0.459 e. The molecule has 0 bridgehead atoms. The lowest BCUT2D eigenvalue weighted by Crippen LogP contribution is -2.12. The highest BCUT2D eigenvalue weighted by Gasteiger charge is 2.18. The van der Waals surface area contributed by atoms with Crippen LogP contribution in [0.4, 0.5) is 0 Å². The topological polar surface area (TPSA) is 52.0 Å². The molecule has 0 saturated carbocycles. The molecule has 0 spiro atoms. The fraction of sp³-hybridized carbons (Fsp3) is 0.133. The van der Waals surface area contributed by atoms with Crippen molar-refractivity contribution in [2.75, 3.05) is 0 Å². The molecule has 3 aromatic rings. The smallest absolute Gasteiger partial charge is 0.134 e. The summed E-state index contributed by atoms with van der Waals surface area (Å²) in [7, 11) is 0. The molecule has 0 aliphatic rings. The van der Waals surface area contributed by atoms with Gasteiger partial charge in [0.1, 0.15) is 11.3 Å². The van der Waals surface area contributed by atoms with Gasteiger partial charge in [0.15, 0.2) is 0 Å². The van der Waals surface area contributed by atoms with Crippen molar-refractivity contribution in [2.24, 2.45) is 5.73 Å². The van der Waals surface area contributed by atoms with E-state index in [1.165, 1.54) is 0 Å². The molecule has 0 fully saturated rings. The summed E-state index contributed by atoms with van der Waals surface area (Å²) < 4.78 is 5.86.